The Morgan fingerprint density at radius 2 is 2.14 bits per heavy atom. The topological polar surface area (TPSA) is 29.1 Å². The number of anilines is 1. The van der Waals surface area contributed by atoms with E-state index in [1.54, 1.807) is 18.2 Å². The summed E-state index contributed by atoms with van der Waals surface area (Å²) in [6.45, 7) is 1.94. The molecule has 0 radical (unpaired) electrons. The molecule has 0 atom stereocenters. The van der Waals surface area contributed by atoms with Gasteiger partial charge in [0, 0.05) is 6.42 Å². The lowest BCUT2D eigenvalue weighted by Gasteiger charge is -2.06. The van der Waals surface area contributed by atoms with Crippen molar-refractivity contribution in [3.63, 3.8) is 0 Å². The number of carbonyl (C=O) groups excluding carboxylic acids is 1. The molecular weight excluding hydrogens is 221 g/mol. The predicted molar refractivity (Wildman–Crippen MR) is 60.0 cm³/mol. The van der Waals surface area contributed by atoms with Crippen LogP contribution >= 0.6 is 23.2 Å². The van der Waals surface area contributed by atoms with Crippen molar-refractivity contribution < 1.29 is 4.79 Å². The van der Waals surface area contributed by atoms with E-state index in [2.05, 4.69) is 5.32 Å². The van der Waals surface area contributed by atoms with Gasteiger partial charge in [-0.25, -0.2) is 0 Å². The van der Waals surface area contributed by atoms with Crippen LogP contribution in [0.25, 0.3) is 0 Å². The van der Waals surface area contributed by atoms with Crippen LogP contribution in [0.4, 0.5) is 5.69 Å². The van der Waals surface area contributed by atoms with E-state index in [1.165, 1.54) is 0 Å². The van der Waals surface area contributed by atoms with Crippen LogP contribution in [-0.4, -0.2) is 5.91 Å². The molecule has 0 aliphatic heterocycles. The summed E-state index contributed by atoms with van der Waals surface area (Å²) in [6.07, 6.45) is 1.30. The molecule has 0 saturated carbocycles. The molecule has 1 aromatic carbocycles. The third-order valence-corrected chi connectivity index (χ3v) is 2.52. The zero-order valence-electron chi connectivity index (χ0n) is 7.81. The van der Waals surface area contributed by atoms with E-state index in [1.807, 2.05) is 6.92 Å². The lowest BCUT2D eigenvalue weighted by molar-refractivity contribution is -0.116. The van der Waals surface area contributed by atoms with Crippen molar-refractivity contribution >= 4 is 34.8 Å². The molecule has 0 bridgehead atoms. The van der Waals surface area contributed by atoms with Gasteiger partial charge in [-0.05, 0) is 18.6 Å². The van der Waals surface area contributed by atoms with Crippen LogP contribution in [0.3, 0.4) is 0 Å². The maximum absolute atomic E-state index is 11.3. The van der Waals surface area contributed by atoms with Gasteiger partial charge in [-0.15, -0.1) is 0 Å². The SMILES string of the molecule is CCCC(=O)Nc1cccc(Cl)c1Cl. The highest BCUT2D eigenvalue weighted by Crippen LogP contribution is 2.29. The Labute approximate surface area is 93.2 Å². The number of benzene rings is 1. The third-order valence-electron chi connectivity index (χ3n) is 1.70. The van der Waals surface area contributed by atoms with Crippen LogP contribution in [0.1, 0.15) is 19.8 Å². The first-order chi connectivity index (χ1) is 6.65. The average Bonchev–Trinajstić information content (AvgIpc) is 2.13. The van der Waals surface area contributed by atoms with E-state index in [4.69, 9.17) is 23.2 Å². The van der Waals surface area contributed by atoms with E-state index < -0.39 is 0 Å². The van der Waals surface area contributed by atoms with Crippen molar-refractivity contribution in [3.05, 3.63) is 28.2 Å². The smallest absolute Gasteiger partial charge is 0.224 e. The Morgan fingerprint density at radius 3 is 2.79 bits per heavy atom. The van der Waals surface area contributed by atoms with Crippen molar-refractivity contribution in [3.8, 4) is 0 Å². The van der Waals surface area contributed by atoms with Crippen LogP contribution < -0.4 is 5.32 Å². The van der Waals surface area contributed by atoms with Gasteiger partial charge >= 0.3 is 0 Å². The molecular formula is C10H11Cl2NO. The highest BCUT2D eigenvalue weighted by molar-refractivity contribution is 6.43. The molecule has 76 valence electrons. The molecule has 0 aliphatic carbocycles. The molecule has 2 nitrogen and oxygen atoms in total. The van der Waals surface area contributed by atoms with Crippen LogP contribution in [0.15, 0.2) is 18.2 Å². The van der Waals surface area contributed by atoms with E-state index in [-0.39, 0.29) is 5.91 Å². The molecule has 0 saturated heterocycles. The fraction of sp³-hybridized carbons (Fsp3) is 0.300. The van der Waals surface area contributed by atoms with Crippen molar-refractivity contribution in [2.75, 3.05) is 5.32 Å². The molecule has 4 heteroatoms. The summed E-state index contributed by atoms with van der Waals surface area (Å²) < 4.78 is 0. The summed E-state index contributed by atoms with van der Waals surface area (Å²) in [5.74, 6) is -0.0448. The first-order valence-electron chi connectivity index (χ1n) is 4.39. The van der Waals surface area contributed by atoms with Crippen molar-refractivity contribution in [2.45, 2.75) is 19.8 Å². The largest absolute Gasteiger partial charge is 0.325 e. The molecule has 0 unspecified atom stereocenters. The second kappa shape index (κ2) is 5.23. The molecule has 0 heterocycles. The van der Waals surface area contributed by atoms with Crippen molar-refractivity contribution in [1.82, 2.24) is 0 Å². The minimum atomic E-state index is -0.0448. The van der Waals surface area contributed by atoms with Crippen molar-refractivity contribution in [1.29, 1.82) is 0 Å². The molecule has 1 aromatic rings. The lowest BCUT2D eigenvalue weighted by atomic mass is 10.3. The maximum Gasteiger partial charge on any atom is 0.224 e. The van der Waals surface area contributed by atoms with Gasteiger partial charge in [0.1, 0.15) is 0 Å². The minimum absolute atomic E-state index is 0.0448. The lowest BCUT2D eigenvalue weighted by Crippen LogP contribution is -2.10. The van der Waals surface area contributed by atoms with Gasteiger partial charge in [-0.2, -0.15) is 0 Å². The molecule has 0 fully saturated rings. The summed E-state index contributed by atoms with van der Waals surface area (Å²) >= 11 is 11.7. The fourth-order valence-electron chi connectivity index (χ4n) is 1.04. The fourth-order valence-corrected chi connectivity index (χ4v) is 1.39. The van der Waals surface area contributed by atoms with Gasteiger partial charge in [0.15, 0.2) is 0 Å². The summed E-state index contributed by atoms with van der Waals surface area (Å²) in [5, 5.41) is 3.53. The number of nitrogens with one attached hydrogen (secondary N) is 1. The zero-order valence-corrected chi connectivity index (χ0v) is 9.32. The first-order valence-corrected chi connectivity index (χ1v) is 5.14. The third kappa shape index (κ3) is 2.89. The summed E-state index contributed by atoms with van der Waals surface area (Å²) in [4.78, 5) is 11.3. The Hall–Kier alpha value is -0.730. The van der Waals surface area contributed by atoms with E-state index in [9.17, 15) is 4.79 Å². The van der Waals surface area contributed by atoms with Crippen molar-refractivity contribution in [2.24, 2.45) is 0 Å². The van der Waals surface area contributed by atoms with Gasteiger partial charge in [-0.3, -0.25) is 4.79 Å². The standard InChI is InChI=1S/C10H11Cl2NO/c1-2-4-9(14)13-8-6-3-5-7(11)10(8)12/h3,5-6H,2,4H2,1H3,(H,13,14). The zero-order chi connectivity index (χ0) is 10.6. The second-order valence-corrected chi connectivity index (χ2v) is 3.68. The number of hydrogen-bond donors (Lipinski definition) is 1. The monoisotopic (exact) mass is 231 g/mol. The average molecular weight is 232 g/mol. The van der Waals surface area contributed by atoms with E-state index in [0.29, 0.717) is 22.2 Å². The Kier molecular flexibility index (Phi) is 4.23. The molecule has 1 amide bonds. The van der Waals surface area contributed by atoms with Crippen LogP contribution in [-0.2, 0) is 4.79 Å². The summed E-state index contributed by atoms with van der Waals surface area (Å²) in [7, 11) is 0. The summed E-state index contributed by atoms with van der Waals surface area (Å²) in [5.41, 5.74) is 0.567. The Balaban J connectivity index is 2.76. The van der Waals surface area contributed by atoms with Crippen LogP contribution in [0, 0.1) is 0 Å². The first kappa shape index (κ1) is 11.3. The van der Waals surface area contributed by atoms with Crippen LogP contribution in [0.5, 0.6) is 0 Å². The predicted octanol–water partition coefficient (Wildman–Crippen LogP) is 3.73. The molecule has 14 heavy (non-hydrogen) atoms. The number of carbonyl (C=O) groups is 1. The molecule has 1 rings (SSSR count). The Morgan fingerprint density at radius 1 is 1.43 bits per heavy atom. The van der Waals surface area contributed by atoms with E-state index >= 15 is 0 Å². The summed E-state index contributed by atoms with van der Waals surface area (Å²) in [6, 6.07) is 5.15. The van der Waals surface area contributed by atoms with Gasteiger partial charge in [-0.1, -0.05) is 36.2 Å². The molecule has 0 aromatic heterocycles. The highest BCUT2D eigenvalue weighted by Gasteiger charge is 2.06. The minimum Gasteiger partial charge on any atom is -0.325 e. The number of amides is 1. The van der Waals surface area contributed by atoms with Gasteiger partial charge in [0.2, 0.25) is 5.91 Å². The van der Waals surface area contributed by atoms with Gasteiger partial charge in [0.05, 0.1) is 15.7 Å². The molecule has 0 aliphatic rings. The number of hydrogen-bond acceptors (Lipinski definition) is 1. The maximum atomic E-state index is 11.3. The Bertz CT molecular complexity index is 339. The second-order valence-electron chi connectivity index (χ2n) is 2.90. The normalized spacial score (nSPS) is 9.93. The quantitative estimate of drug-likeness (QED) is 0.845. The van der Waals surface area contributed by atoms with Gasteiger partial charge < -0.3 is 5.32 Å². The number of halogens is 2. The molecule has 1 N–H and O–H groups in total. The number of rotatable bonds is 3. The van der Waals surface area contributed by atoms with Crippen LogP contribution in [0.2, 0.25) is 10.0 Å². The molecule has 0 spiro atoms. The highest BCUT2D eigenvalue weighted by atomic mass is 35.5. The van der Waals surface area contributed by atoms with Gasteiger partial charge in [0.25, 0.3) is 0 Å². The van der Waals surface area contributed by atoms with E-state index in [0.717, 1.165) is 6.42 Å².